The van der Waals surface area contributed by atoms with Crippen LogP contribution in [0.5, 0.6) is 0 Å². The average molecular weight is 301 g/mol. The maximum absolute atomic E-state index is 13.1. The van der Waals surface area contributed by atoms with Gasteiger partial charge in [0.1, 0.15) is 11.6 Å². The Morgan fingerprint density at radius 3 is 1.73 bits per heavy atom. The molecule has 2 rings (SSSR count). The van der Waals surface area contributed by atoms with Crippen LogP contribution in [0, 0.1) is 11.6 Å². The predicted molar refractivity (Wildman–Crippen MR) is 87.7 cm³/mol. The van der Waals surface area contributed by atoms with E-state index in [2.05, 4.69) is 11.0 Å². The summed E-state index contributed by atoms with van der Waals surface area (Å²) < 4.78 is 26.3. The van der Waals surface area contributed by atoms with Crippen LogP contribution in [0.1, 0.15) is 24.0 Å². The van der Waals surface area contributed by atoms with Crippen molar-refractivity contribution in [1.29, 1.82) is 0 Å². The Balaban J connectivity index is 2.25. The molecule has 0 atom stereocenters. The van der Waals surface area contributed by atoms with Crippen molar-refractivity contribution in [2.75, 3.05) is 20.6 Å². The molecule has 2 aromatic carbocycles. The summed E-state index contributed by atoms with van der Waals surface area (Å²) >= 11 is 0. The van der Waals surface area contributed by atoms with Gasteiger partial charge in [0, 0.05) is 0 Å². The Hall–Kier alpha value is -2.00. The Bertz CT molecular complexity index is 565. The quantitative estimate of drug-likeness (QED) is 0.697. The molecule has 2 aromatic rings. The largest absolute Gasteiger partial charge is 0.309 e. The highest BCUT2D eigenvalue weighted by atomic mass is 19.1. The fourth-order valence-electron chi connectivity index (χ4n) is 2.32. The Kier molecular flexibility index (Phi) is 5.84. The lowest BCUT2D eigenvalue weighted by Crippen LogP contribution is -2.12. The van der Waals surface area contributed by atoms with Gasteiger partial charge in [-0.3, -0.25) is 0 Å². The third-order valence-electron chi connectivity index (χ3n) is 3.47. The Labute approximate surface area is 130 Å². The molecular formula is C19H21F2N. The van der Waals surface area contributed by atoms with Crippen molar-refractivity contribution in [3.8, 4) is 0 Å². The van der Waals surface area contributed by atoms with Gasteiger partial charge in [0.2, 0.25) is 0 Å². The zero-order valence-corrected chi connectivity index (χ0v) is 13.0. The van der Waals surface area contributed by atoms with Crippen LogP contribution in [-0.2, 0) is 0 Å². The zero-order valence-electron chi connectivity index (χ0n) is 13.0. The first-order chi connectivity index (χ1) is 10.6. The molecule has 0 aliphatic rings. The van der Waals surface area contributed by atoms with Crippen LogP contribution in [0.25, 0.3) is 5.57 Å². The topological polar surface area (TPSA) is 3.24 Å². The van der Waals surface area contributed by atoms with Gasteiger partial charge in [-0.15, -0.1) is 0 Å². The van der Waals surface area contributed by atoms with E-state index in [1.165, 1.54) is 24.3 Å². The van der Waals surface area contributed by atoms with Crippen LogP contribution in [-0.4, -0.2) is 25.5 Å². The number of hydrogen-bond acceptors (Lipinski definition) is 1. The van der Waals surface area contributed by atoms with Crippen LogP contribution in [0.15, 0.2) is 54.6 Å². The monoisotopic (exact) mass is 301 g/mol. The van der Waals surface area contributed by atoms with Crippen molar-refractivity contribution in [3.63, 3.8) is 0 Å². The molecule has 0 radical (unpaired) electrons. The predicted octanol–water partition coefficient (Wildman–Crippen LogP) is 4.74. The third kappa shape index (κ3) is 4.78. The number of nitrogens with zero attached hydrogens (tertiary/aromatic N) is 1. The van der Waals surface area contributed by atoms with Gasteiger partial charge in [0.05, 0.1) is 0 Å². The van der Waals surface area contributed by atoms with E-state index in [0.717, 1.165) is 36.1 Å². The van der Waals surface area contributed by atoms with Crippen molar-refractivity contribution in [2.45, 2.75) is 12.8 Å². The van der Waals surface area contributed by atoms with Crippen LogP contribution < -0.4 is 0 Å². The first-order valence-electron chi connectivity index (χ1n) is 7.43. The highest BCUT2D eigenvalue weighted by Crippen LogP contribution is 2.25. The fraction of sp³-hybridized carbons (Fsp3) is 0.263. The zero-order chi connectivity index (χ0) is 15.9. The van der Waals surface area contributed by atoms with Crippen LogP contribution in [0.2, 0.25) is 0 Å². The van der Waals surface area contributed by atoms with E-state index in [1.807, 2.05) is 14.1 Å². The molecular weight excluding hydrogens is 280 g/mol. The van der Waals surface area contributed by atoms with Gasteiger partial charge in [-0.05, 0) is 74.4 Å². The van der Waals surface area contributed by atoms with E-state index in [9.17, 15) is 8.78 Å². The maximum Gasteiger partial charge on any atom is 0.123 e. The molecule has 0 bridgehead atoms. The standard InChI is InChI=1S/C19H21F2N/c1-22(2)14-4-3-5-19(15-6-10-17(20)11-7-15)16-8-12-18(21)13-9-16/h5-13H,3-4,14H2,1-2H3. The average Bonchev–Trinajstić information content (AvgIpc) is 2.50. The minimum absolute atomic E-state index is 0.255. The van der Waals surface area contributed by atoms with Crippen molar-refractivity contribution >= 4 is 5.57 Å². The molecule has 0 saturated carbocycles. The number of unbranched alkanes of at least 4 members (excludes halogenated alkanes) is 1. The first-order valence-corrected chi connectivity index (χ1v) is 7.43. The molecule has 0 N–H and O–H groups in total. The molecule has 0 saturated heterocycles. The summed E-state index contributed by atoms with van der Waals surface area (Å²) in [6.45, 7) is 1.01. The summed E-state index contributed by atoms with van der Waals surface area (Å²) in [5.74, 6) is -0.510. The maximum atomic E-state index is 13.1. The first kappa shape index (κ1) is 16.4. The molecule has 3 heteroatoms. The highest BCUT2D eigenvalue weighted by Gasteiger charge is 2.06. The van der Waals surface area contributed by atoms with Crippen LogP contribution in [0.3, 0.4) is 0 Å². The second-order valence-electron chi connectivity index (χ2n) is 5.58. The van der Waals surface area contributed by atoms with Crippen molar-refractivity contribution in [2.24, 2.45) is 0 Å². The van der Waals surface area contributed by atoms with Gasteiger partial charge in [-0.1, -0.05) is 30.3 Å². The van der Waals surface area contributed by atoms with E-state index in [0.29, 0.717) is 0 Å². The fourth-order valence-corrected chi connectivity index (χ4v) is 2.32. The minimum Gasteiger partial charge on any atom is -0.309 e. The molecule has 116 valence electrons. The molecule has 0 unspecified atom stereocenters. The Morgan fingerprint density at radius 1 is 0.864 bits per heavy atom. The second-order valence-corrected chi connectivity index (χ2v) is 5.58. The molecule has 0 aromatic heterocycles. The molecule has 0 aliphatic heterocycles. The highest BCUT2D eigenvalue weighted by molar-refractivity contribution is 5.79. The third-order valence-corrected chi connectivity index (χ3v) is 3.47. The summed E-state index contributed by atoms with van der Waals surface area (Å²) in [5, 5.41) is 0. The van der Waals surface area contributed by atoms with Gasteiger partial charge in [0.15, 0.2) is 0 Å². The van der Waals surface area contributed by atoms with E-state index in [-0.39, 0.29) is 11.6 Å². The molecule has 0 heterocycles. The number of benzene rings is 2. The summed E-state index contributed by atoms with van der Waals surface area (Å²) in [7, 11) is 4.09. The SMILES string of the molecule is CN(C)CCCC=C(c1ccc(F)cc1)c1ccc(F)cc1. The summed E-state index contributed by atoms with van der Waals surface area (Å²) in [5.41, 5.74) is 2.90. The smallest absolute Gasteiger partial charge is 0.123 e. The van der Waals surface area contributed by atoms with Gasteiger partial charge in [-0.2, -0.15) is 0 Å². The van der Waals surface area contributed by atoms with E-state index >= 15 is 0 Å². The molecule has 0 fully saturated rings. The molecule has 22 heavy (non-hydrogen) atoms. The minimum atomic E-state index is -0.255. The van der Waals surface area contributed by atoms with Gasteiger partial charge in [-0.25, -0.2) is 8.78 Å². The molecule has 0 amide bonds. The van der Waals surface area contributed by atoms with E-state index < -0.39 is 0 Å². The van der Waals surface area contributed by atoms with Crippen LogP contribution in [0.4, 0.5) is 8.78 Å². The lowest BCUT2D eigenvalue weighted by atomic mass is 9.96. The molecule has 1 nitrogen and oxygen atoms in total. The molecule has 0 spiro atoms. The summed E-state index contributed by atoms with van der Waals surface area (Å²) in [6, 6.07) is 12.8. The number of halogens is 2. The van der Waals surface area contributed by atoms with E-state index in [4.69, 9.17) is 0 Å². The van der Waals surface area contributed by atoms with E-state index in [1.54, 1.807) is 24.3 Å². The number of rotatable bonds is 6. The van der Waals surface area contributed by atoms with Gasteiger partial charge >= 0.3 is 0 Å². The van der Waals surface area contributed by atoms with Crippen molar-refractivity contribution in [1.82, 2.24) is 4.90 Å². The summed E-state index contributed by atoms with van der Waals surface area (Å²) in [6.07, 6.45) is 4.10. The Morgan fingerprint density at radius 2 is 1.32 bits per heavy atom. The number of hydrogen-bond donors (Lipinski definition) is 0. The van der Waals surface area contributed by atoms with Gasteiger partial charge < -0.3 is 4.90 Å². The van der Waals surface area contributed by atoms with Gasteiger partial charge in [0.25, 0.3) is 0 Å². The molecule has 0 aliphatic carbocycles. The summed E-state index contributed by atoms with van der Waals surface area (Å²) in [4.78, 5) is 2.14. The lowest BCUT2D eigenvalue weighted by molar-refractivity contribution is 0.402. The van der Waals surface area contributed by atoms with Crippen molar-refractivity contribution < 1.29 is 8.78 Å². The normalized spacial score (nSPS) is 10.8. The second kappa shape index (κ2) is 7.85. The van der Waals surface area contributed by atoms with Crippen LogP contribution >= 0.6 is 0 Å². The number of allylic oxidation sites excluding steroid dienone is 1. The van der Waals surface area contributed by atoms with Crippen molar-refractivity contribution in [3.05, 3.63) is 77.4 Å². The lowest BCUT2D eigenvalue weighted by Gasteiger charge is -2.11.